The van der Waals surface area contributed by atoms with Crippen LogP contribution >= 0.6 is 11.6 Å². The monoisotopic (exact) mass is 209 g/mol. The minimum absolute atomic E-state index is 0.557. The van der Waals surface area contributed by atoms with Crippen LogP contribution in [0.5, 0.6) is 0 Å². The maximum atomic E-state index is 5.74. The molecule has 0 saturated heterocycles. The van der Waals surface area contributed by atoms with E-state index in [2.05, 4.69) is 15.5 Å². The summed E-state index contributed by atoms with van der Waals surface area (Å²) in [6.45, 7) is 0.571. The summed E-state index contributed by atoms with van der Waals surface area (Å²) in [6, 6.07) is 5.42. The summed E-state index contributed by atoms with van der Waals surface area (Å²) >= 11 is 5.74. The molecule has 0 aliphatic heterocycles. The van der Waals surface area contributed by atoms with Gasteiger partial charge in [0, 0.05) is 6.07 Å². The average molecular weight is 210 g/mol. The molecule has 14 heavy (non-hydrogen) atoms. The zero-order chi connectivity index (χ0) is 9.80. The van der Waals surface area contributed by atoms with E-state index < -0.39 is 0 Å². The van der Waals surface area contributed by atoms with Crippen molar-refractivity contribution >= 4 is 17.4 Å². The lowest BCUT2D eigenvalue weighted by molar-refractivity contribution is 0.517. The van der Waals surface area contributed by atoms with Gasteiger partial charge < -0.3 is 9.73 Å². The van der Waals surface area contributed by atoms with Gasteiger partial charge in [0.25, 0.3) is 0 Å². The Kier molecular flexibility index (Phi) is 2.65. The average Bonchev–Trinajstić information content (AvgIpc) is 2.67. The molecule has 0 aliphatic carbocycles. The number of hydrogen-bond donors (Lipinski definition) is 1. The molecular formula is C9H8ClN3O. The molecule has 0 aromatic carbocycles. The molecule has 5 heteroatoms. The zero-order valence-corrected chi connectivity index (χ0v) is 8.03. The van der Waals surface area contributed by atoms with Crippen LogP contribution in [-0.2, 0) is 6.54 Å². The molecule has 0 aliphatic rings. The molecule has 2 rings (SSSR count). The van der Waals surface area contributed by atoms with Crippen molar-refractivity contribution in [3.05, 3.63) is 41.4 Å². The van der Waals surface area contributed by atoms with E-state index in [-0.39, 0.29) is 0 Å². The second-order valence-electron chi connectivity index (χ2n) is 2.69. The van der Waals surface area contributed by atoms with Gasteiger partial charge in [-0.05, 0) is 12.1 Å². The van der Waals surface area contributed by atoms with Crippen LogP contribution in [0.1, 0.15) is 5.76 Å². The van der Waals surface area contributed by atoms with Crippen molar-refractivity contribution in [2.75, 3.05) is 5.32 Å². The Hall–Kier alpha value is -1.55. The van der Waals surface area contributed by atoms with Crippen molar-refractivity contribution in [1.29, 1.82) is 0 Å². The van der Waals surface area contributed by atoms with Gasteiger partial charge in [0.1, 0.15) is 5.76 Å². The molecule has 0 bridgehead atoms. The van der Waals surface area contributed by atoms with Crippen LogP contribution in [0.15, 0.2) is 35.1 Å². The highest BCUT2D eigenvalue weighted by Crippen LogP contribution is 2.11. The number of halogens is 1. The minimum atomic E-state index is 0.557. The van der Waals surface area contributed by atoms with E-state index in [4.69, 9.17) is 16.0 Å². The van der Waals surface area contributed by atoms with Gasteiger partial charge in [-0.3, -0.25) is 0 Å². The van der Waals surface area contributed by atoms with Crippen LogP contribution in [0.3, 0.4) is 0 Å². The Bertz CT molecular complexity index is 402. The molecule has 0 saturated carbocycles. The normalized spacial score (nSPS) is 10.1. The highest BCUT2D eigenvalue weighted by molar-refractivity contribution is 6.30. The number of hydrogen-bond acceptors (Lipinski definition) is 4. The lowest BCUT2D eigenvalue weighted by Crippen LogP contribution is -2.00. The summed E-state index contributed by atoms with van der Waals surface area (Å²) in [5.41, 5.74) is 0. The maximum absolute atomic E-state index is 5.74. The van der Waals surface area contributed by atoms with E-state index in [1.54, 1.807) is 12.3 Å². The highest BCUT2D eigenvalue weighted by Gasteiger charge is 1.98. The van der Waals surface area contributed by atoms with E-state index in [1.807, 2.05) is 12.1 Å². The summed E-state index contributed by atoms with van der Waals surface area (Å²) in [5, 5.41) is 11.2. The molecule has 1 N–H and O–H groups in total. The Balaban J connectivity index is 1.98. The van der Waals surface area contributed by atoms with Crippen LogP contribution in [0, 0.1) is 0 Å². The van der Waals surface area contributed by atoms with Crippen molar-refractivity contribution < 1.29 is 4.42 Å². The number of nitrogens with zero attached hydrogens (tertiary/aromatic N) is 2. The Morgan fingerprint density at radius 3 is 3.14 bits per heavy atom. The second kappa shape index (κ2) is 4.11. The first-order chi connectivity index (χ1) is 6.84. The molecule has 4 nitrogen and oxygen atoms in total. The van der Waals surface area contributed by atoms with Gasteiger partial charge in [-0.25, -0.2) is 0 Å². The fourth-order valence-corrected chi connectivity index (χ4v) is 1.17. The van der Waals surface area contributed by atoms with Gasteiger partial charge in [0.2, 0.25) is 0 Å². The Morgan fingerprint density at radius 2 is 2.43 bits per heavy atom. The van der Waals surface area contributed by atoms with E-state index >= 15 is 0 Å². The molecule has 2 aromatic heterocycles. The summed E-state index contributed by atoms with van der Waals surface area (Å²) in [5.74, 6) is 1.47. The molecule has 0 unspecified atom stereocenters. The van der Waals surface area contributed by atoms with Crippen molar-refractivity contribution in [3.8, 4) is 0 Å². The molecule has 72 valence electrons. The fourth-order valence-electron chi connectivity index (χ4n) is 1.02. The number of rotatable bonds is 3. The third-order valence-corrected chi connectivity index (χ3v) is 1.85. The second-order valence-corrected chi connectivity index (χ2v) is 3.13. The smallest absolute Gasteiger partial charge is 0.150 e. The summed E-state index contributed by atoms with van der Waals surface area (Å²) in [6.07, 6.45) is 3.11. The number of anilines is 1. The SMILES string of the molecule is Clc1cnnc(NCc2ccco2)c1. The topological polar surface area (TPSA) is 51.0 Å². The molecular weight excluding hydrogens is 202 g/mol. The molecule has 0 atom stereocenters. The van der Waals surface area contributed by atoms with Crippen LogP contribution in [-0.4, -0.2) is 10.2 Å². The van der Waals surface area contributed by atoms with Gasteiger partial charge in [0.15, 0.2) is 5.82 Å². The van der Waals surface area contributed by atoms with Gasteiger partial charge in [-0.1, -0.05) is 11.6 Å². The summed E-state index contributed by atoms with van der Waals surface area (Å²) in [4.78, 5) is 0. The standard InChI is InChI=1S/C9H8ClN3O/c10-7-4-9(13-12-5-7)11-6-8-2-1-3-14-8/h1-5H,6H2,(H,11,13). The van der Waals surface area contributed by atoms with E-state index in [1.165, 1.54) is 6.20 Å². The minimum Gasteiger partial charge on any atom is -0.467 e. The van der Waals surface area contributed by atoms with Crippen molar-refractivity contribution in [1.82, 2.24) is 10.2 Å². The van der Waals surface area contributed by atoms with Crippen LogP contribution in [0.4, 0.5) is 5.82 Å². The number of aromatic nitrogens is 2. The number of nitrogens with one attached hydrogen (secondary N) is 1. The first-order valence-corrected chi connectivity index (χ1v) is 4.47. The largest absolute Gasteiger partial charge is 0.467 e. The quantitative estimate of drug-likeness (QED) is 0.843. The first kappa shape index (κ1) is 9.02. The molecule has 0 radical (unpaired) electrons. The van der Waals surface area contributed by atoms with Crippen molar-refractivity contribution in [2.24, 2.45) is 0 Å². The molecule has 0 fully saturated rings. The Morgan fingerprint density at radius 1 is 1.50 bits per heavy atom. The van der Waals surface area contributed by atoms with Gasteiger partial charge in [-0.15, -0.1) is 5.10 Å². The maximum Gasteiger partial charge on any atom is 0.150 e. The zero-order valence-electron chi connectivity index (χ0n) is 7.27. The van der Waals surface area contributed by atoms with Gasteiger partial charge in [-0.2, -0.15) is 5.10 Å². The predicted octanol–water partition coefficient (Wildman–Crippen LogP) is 2.34. The van der Waals surface area contributed by atoms with E-state index in [0.29, 0.717) is 17.4 Å². The summed E-state index contributed by atoms with van der Waals surface area (Å²) < 4.78 is 5.14. The molecule has 2 aromatic rings. The molecule has 2 heterocycles. The first-order valence-electron chi connectivity index (χ1n) is 4.09. The van der Waals surface area contributed by atoms with Crippen LogP contribution in [0.25, 0.3) is 0 Å². The van der Waals surface area contributed by atoms with Gasteiger partial charge in [0.05, 0.1) is 24.0 Å². The van der Waals surface area contributed by atoms with Crippen LogP contribution < -0.4 is 5.32 Å². The van der Waals surface area contributed by atoms with Crippen LogP contribution in [0.2, 0.25) is 5.02 Å². The van der Waals surface area contributed by atoms with E-state index in [0.717, 1.165) is 5.76 Å². The predicted molar refractivity (Wildman–Crippen MR) is 53.1 cm³/mol. The third kappa shape index (κ3) is 2.23. The van der Waals surface area contributed by atoms with E-state index in [9.17, 15) is 0 Å². The highest BCUT2D eigenvalue weighted by atomic mass is 35.5. The summed E-state index contributed by atoms with van der Waals surface area (Å²) in [7, 11) is 0. The fraction of sp³-hybridized carbons (Fsp3) is 0.111. The lowest BCUT2D eigenvalue weighted by atomic mass is 10.4. The van der Waals surface area contributed by atoms with Crippen molar-refractivity contribution in [2.45, 2.75) is 6.54 Å². The van der Waals surface area contributed by atoms with Gasteiger partial charge >= 0.3 is 0 Å². The molecule has 0 amide bonds. The lowest BCUT2D eigenvalue weighted by Gasteiger charge is -2.01. The third-order valence-electron chi connectivity index (χ3n) is 1.64. The Labute approximate surface area is 85.9 Å². The number of furan rings is 1. The van der Waals surface area contributed by atoms with Crippen molar-refractivity contribution in [3.63, 3.8) is 0 Å². The molecule has 0 spiro atoms.